The molecular weight excluding hydrogens is 413 g/mol. The lowest BCUT2D eigenvalue weighted by Gasteiger charge is -2.47. The largest absolute Gasteiger partial charge is 0.416 e. The Kier molecular flexibility index (Phi) is 7.11. The van der Waals surface area contributed by atoms with Crippen LogP contribution in [0.4, 0.5) is 18.9 Å². The van der Waals surface area contributed by atoms with Crippen LogP contribution in [0.2, 0.25) is 0 Å². The van der Waals surface area contributed by atoms with Crippen molar-refractivity contribution in [1.29, 1.82) is 0 Å². The van der Waals surface area contributed by atoms with E-state index in [-0.39, 0.29) is 5.72 Å². The number of ether oxygens (including phenoxy) is 1. The Hall–Kier alpha value is -2.05. The third-order valence-electron chi connectivity index (χ3n) is 7.03. The molecule has 0 radical (unpaired) electrons. The number of likely N-dealkylation sites (tertiary alicyclic amines) is 1. The van der Waals surface area contributed by atoms with E-state index in [1.54, 1.807) is 12.1 Å². The van der Waals surface area contributed by atoms with E-state index in [2.05, 4.69) is 28.9 Å². The fraction of sp³-hybridized carbons (Fsp3) is 0.538. The molecule has 0 aliphatic carbocycles. The summed E-state index contributed by atoms with van der Waals surface area (Å²) in [5, 5.41) is 0. The van der Waals surface area contributed by atoms with Crippen LogP contribution < -0.4 is 4.90 Å². The van der Waals surface area contributed by atoms with Gasteiger partial charge >= 0.3 is 6.18 Å². The summed E-state index contributed by atoms with van der Waals surface area (Å²) >= 11 is 0. The number of rotatable bonds is 6. The summed E-state index contributed by atoms with van der Waals surface area (Å²) in [6.07, 6.45) is 1.25. The second-order valence-corrected chi connectivity index (χ2v) is 9.33. The van der Waals surface area contributed by atoms with Crippen LogP contribution >= 0.6 is 0 Å². The zero-order chi connectivity index (χ0) is 22.6. The molecule has 174 valence electrons. The van der Waals surface area contributed by atoms with Gasteiger partial charge in [-0.05, 0) is 74.8 Å². The highest BCUT2D eigenvalue weighted by molar-refractivity contribution is 5.48. The van der Waals surface area contributed by atoms with Crippen molar-refractivity contribution >= 4 is 5.69 Å². The van der Waals surface area contributed by atoms with Crippen molar-refractivity contribution in [2.24, 2.45) is 5.92 Å². The maximum atomic E-state index is 12.8. The highest BCUT2D eigenvalue weighted by atomic mass is 19.4. The van der Waals surface area contributed by atoms with Crippen LogP contribution in [0.5, 0.6) is 0 Å². The van der Waals surface area contributed by atoms with Gasteiger partial charge in [-0.1, -0.05) is 30.3 Å². The number of anilines is 1. The molecular formula is C26H33F3N2O. The van der Waals surface area contributed by atoms with E-state index in [0.29, 0.717) is 12.5 Å². The first-order chi connectivity index (χ1) is 15.3. The Morgan fingerprint density at radius 2 is 1.62 bits per heavy atom. The highest BCUT2D eigenvalue weighted by Gasteiger charge is 2.37. The Balaban J connectivity index is 1.31. The summed E-state index contributed by atoms with van der Waals surface area (Å²) in [7, 11) is 0. The third kappa shape index (κ3) is 5.65. The highest BCUT2D eigenvalue weighted by Crippen LogP contribution is 2.34. The normalized spacial score (nSPS) is 23.4. The van der Waals surface area contributed by atoms with Crippen molar-refractivity contribution in [2.45, 2.75) is 57.5 Å². The number of halogens is 3. The zero-order valence-corrected chi connectivity index (χ0v) is 18.8. The first-order valence-corrected chi connectivity index (χ1v) is 11.7. The molecule has 32 heavy (non-hydrogen) atoms. The molecule has 2 heterocycles. The molecule has 2 aliphatic heterocycles. The number of hydrogen-bond acceptors (Lipinski definition) is 3. The van der Waals surface area contributed by atoms with Crippen molar-refractivity contribution in [1.82, 2.24) is 4.90 Å². The molecule has 4 rings (SSSR count). The zero-order valence-electron chi connectivity index (χ0n) is 18.8. The van der Waals surface area contributed by atoms with E-state index < -0.39 is 11.7 Å². The Bertz CT molecular complexity index is 848. The van der Waals surface area contributed by atoms with E-state index in [4.69, 9.17) is 4.74 Å². The molecule has 2 aliphatic rings. The van der Waals surface area contributed by atoms with Gasteiger partial charge < -0.3 is 9.64 Å². The van der Waals surface area contributed by atoms with Crippen LogP contribution in [0.25, 0.3) is 0 Å². The molecule has 2 aromatic carbocycles. The third-order valence-corrected chi connectivity index (χ3v) is 7.03. The predicted molar refractivity (Wildman–Crippen MR) is 121 cm³/mol. The number of alkyl halides is 3. The molecule has 0 saturated carbocycles. The molecule has 1 atom stereocenters. The number of benzene rings is 2. The summed E-state index contributed by atoms with van der Waals surface area (Å²) in [6, 6.07) is 15.9. The number of piperidine rings is 2. The minimum atomic E-state index is -4.28. The molecule has 6 heteroatoms. The van der Waals surface area contributed by atoms with Crippen molar-refractivity contribution in [2.75, 3.05) is 31.1 Å². The summed E-state index contributed by atoms with van der Waals surface area (Å²) in [6.45, 7) is 6.69. The van der Waals surface area contributed by atoms with Gasteiger partial charge in [0.1, 0.15) is 5.72 Å². The average Bonchev–Trinajstić information content (AvgIpc) is 2.80. The lowest BCUT2D eigenvalue weighted by atomic mass is 9.92. The van der Waals surface area contributed by atoms with Gasteiger partial charge in [0.2, 0.25) is 0 Å². The predicted octanol–water partition coefficient (Wildman–Crippen LogP) is 6.34. The Morgan fingerprint density at radius 1 is 0.938 bits per heavy atom. The molecule has 0 N–H and O–H groups in total. The van der Waals surface area contributed by atoms with Gasteiger partial charge in [-0.15, -0.1) is 0 Å². The standard InChI is InChI=1S/C26H33F3N2O/c1-25(32-20-22-7-3-2-4-8-22)15-5-6-16-31(25)19-21-13-17-30(18-14-21)24-11-9-23(10-12-24)26(27,28)29/h2-4,7-12,21H,5-6,13-20H2,1H3. The minimum absolute atomic E-state index is 0.237. The summed E-state index contributed by atoms with van der Waals surface area (Å²) in [4.78, 5) is 4.73. The van der Waals surface area contributed by atoms with Crippen LogP contribution in [0.15, 0.2) is 54.6 Å². The fourth-order valence-electron chi connectivity index (χ4n) is 4.96. The molecule has 2 saturated heterocycles. The molecule has 0 amide bonds. The van der Waals surface area contributed by atoms with Crippen molar-refractivity contribution in [3.05, 3.63) is 65.7 Å². The summed E-state index contributed by atoms with van der Waals surface area (Å²) in [5.41, 5.74) is 1.25. The second-order valence-electron chi connectivity index (χ2n) is 9.33. The summed E-state index contributed by atoms with van der Waals surface area (Å²) < 4.78 is 44.9. The van der Waals surface area contributed by atoms with Gasteiger partial charge in [0.25, 0.3) is 0 Å². The molecule has 0 bridgehead atoms. The molecule has 0 aromatic heterocycles. The number of nitrogens with zero attached hydrogens (tertiary/aromatic N) is 2. The average molecular weight is 447 g/mol. The SMILES string of the molecule is CC1(OCc2ccccc2)CCCCN1CC1CCN(c2ccc(C(F)(F)F)cc2)CC1. The molecule has 2 fully saturated rings. The fourth-order valence-corrected chi connectivity index (χ4v) is 4.96. The molecule has 0 spiro atoms. The summed E-state index contributed by atoms with van der Waals surface area (Å²) in [5.74, 6) is 0.582. The quantitative estimate of drug-likeness (QED) is 0.515. The maximum Gasteiger partial charge on any atom is 0.416 e. The van der Waals surface area contributed by atoms with E-state index in [1.807, 2.05) is 18.2 Å². The minimum Gasteiger partial charge on any atom is -0.372 e. The van der Waals surface area contributed by atoms with E-state index >= 15 is 0 Å². The van der Waals surface area contributed by atoms with E-state index in [9.17, 15) is 13.2 Å². The topological polar surface area (TPSA) is 15.7 Å². The Morgan fingerprint density at radius 3 is 2.28 bits per heavy atom. The second kappa shape index (κ2) is 9.84. The monoisotopic (exact) mass is 446 g/mol. The molecule has 3 nitrogen and oxygen atoms in total. The van der Waals surface area contributed by atoms with Crippen molar-refractivity contribution in [3.8, 4) is 0 Å². The first kappa shape index (κ1) is 23.1. The smallest absolute Gasteiger partial charge is 0.372 e. The van der Waals surface area contributed by atoms with Crippen LogP contribution in [0.3, 0.4) is 0 Å². The van der Waals surface area contributed by atoms with Crippen LogP contribution in [0.1, 0.15) is 50.2 Å². The van der Waals surface area contributed by atoms with E-state index in [0.717, 1.165) is 51.1 Å². The maximum absolute atomic E-state index is 12.8. The molecule has 1 unspecified atom stereocenters. The molecule has 2 aromatic rings. The number of hydrogen-bond donors (Lipinski definition) is 0. The lowest BCUT2D eigenvalue weighted by Crippen LogP contribution is -2.53. The van der Waals surface area contributed by atoms with Gasteiger partial charge in [0.05, 0.1) is 12.2 Å². The van der Waals surface area contributed by atoms with Gasteiger partial charge in [-0.3, -0.25) is 4.90 Å². The lowest BCUT2D eigenvalue weighted by molar-refractivity contribution is -0.175. The van der Waals surface area contributed by atoms with Crippen LogP contribution in [-0.4, -0.2) is 36.8 Å². The van der Waals surface area contributed by atoms with Crippen LogP contribution in [-0.2, 0) is 17.5 Å². The van der Waals surface area contributed by atoms with Gasteiger partial charge in [0, 0.05) is 31.9 Å². The van der Waals surface area contributed by atoms with E-state index in [1.165, 1.54) is 30.5 Å². The van der Waals surface area contributed by atoms with Crippen molar-refractivity contribution in [3.63, 3.8) is 0 Å². The van der Waals surface area contributed by atoms with Gasteiger partial charge in [-0.2, -0.15) is 13.2 Å². The Labute approximate surface area is 189 Å². The van der Waals surface area contributed by atoms with Crippen molar-refractivity contribution < 1.29 is 17.9 Å². The van der Waals surface area contributed by atoms with Crippen LogP contribution in [0, 0.1) is 5.92 Å². The first-order valence-electron chi connectivity index (χ1n) is 11.7. The van der Waals surface area contributed by atoms with Gasteiger partial charge in [0.15, 0.2) is 0 Å². The van der Waals surface area contributed by atoms with Gasteiger partial charge in [-0.25, -0.2) is 0 Å².